The summed E-state index contributed by atoms with van der Waals surface area (Å²) in [7, 11) is 0. The van der Waals surface area contributed by atoms with Crippen molar-refractivity contribution < 1.29 is 14.4 Å². The summed E-state index contributed by atoms with van der Waals surface area (Å²) in [4.78, 5) is 42.7. The van der Waals surface area contributed by atoms with Crippen LogP contribution in [-0.2, 0) is 0 Å². The minimum atomic E-state index is -0.354. The molecule has 0 bridgehead atoms. The van der Waals surface area contributed by atoms with Crippen molar-refractivity contribution in [2.24, 2.45) is 5.92 Å². The molecule has 30 heavy (non-hydrogen) atoms. The molecular formula is C25H26N2O3. The van der Waals surface area contributed by atoms with Gasteiger partial charge in [-0.15, -0.1) is 0 Å². The normalized spacial score (nSPS) is 23.4. The molecule has 0 spiro atoms. The minimum absolute atomic E-state index is 0.0102. The number of benzene rings is 2. The van der Waals surface area contributed by atoms with Crippen LogP contribution in [0.5, 0.6) is 0 Å². The van der Waals surface area contributed by atoms with Crippen molar-refractivity contribution in [2.75, 3.05) is 11.4 Å². The maximum atomic E-state index is 13.4. The first-order chi connectivity index (χ1) is 14.6. The SMILES string of the molecule is Cc1ccccc1N1C(=O)c2ccc(C(=O)N3CCC[C@@H]4CCCC[C@@H]43)cc2C1=O. The molecule has 3 amide bonds. The Morgan fingerprint density at radius 3 is 2.47 bits per heavy atom. The number of fused-ring (bicyclic) bond motifs is 2. The molecule has 0 unspecified atom stereocenters. The van der Waals surface area contributed by atoms with E-state index in [1.54, 1.807) is 24.3 Å². The molecular weight excluding hydrogens is 376 g/mol. The van der Waals surface area contributed by atoms with Gasteiger partial charge in [0.15, 0.2) is 0 Å². The van der Waals surface area contributed by atoms with E-state index in [-0.39, 0.29) is 17.7 Å². The van der Waals surface area contributed by atoms with Crippen LogP contribution >= 0.6 is 0 Å². The summed E-state index contributed by atoms with van der Waals surface area (Å²) >= 11 is 0. The van der Waals surface area contributed by atoms with Crippen molar-refractivity contribution in [3.8, 4) is 0 Å². The van der Waals surface area contributed by atoms with Gasteiger partial charge in [0.05, 0.1) is 16.8 Å². The molecule has 0 aromatic heterocycles. The van der Waals surface area contributed by atoms with E-state index in [1.165, 1.54) is 30.6 Å². The summed E-state index contributed by atoms with van der Waals surface area (Å²) in [6.07, 6.45) is 6.95. The molecule has 2 aliphatic heterocycles. The summed E-state index contributed by atoms with van der Waals surface area (Å²) in [5, 5.41) is 0. The number of para-hydroxylation sites is 1. The highest BCUT2D eigenvalue weighted by Gasteiger charge is 2.39. The molecule has 154 valence electrons. The second-order valence-electron chi connectivity index (χ2n) is 8.75. The molecule has 5 rings (SSSR count). The van der Waals surface area contributed by atoms with Gasteiger partial charge in [-0.2, -0.15) is 0 Å². The first kappa shape index (κ1) is 19.0. The highest BCUT2D eigenvalue weighted by atomic mass is 16.2. The number of likely N-dealkylation sites (tertiary alicyclic amines) is 1. The number of hydrogen-bond donors (Lipinski definition) is 0. The van der Waals surface area contributed by atoms with Gasteiger partial charge in [-0.25, -0.2) is 4.90 Å². The van der Waals surface area contributed by atoms with Crippen LogP contribution in [0, 0.1) is 12.8 Å². The number of nitrogens with zero attached hydrogens (tertiary/aromatic N) is 2. The Hall–Kier alpha value is -2.95. The van der Waals surface area contributed by atoms with Gasteiger partial charge < -0.3 is 4.90 Å². The van der Waals surface area contributed by atoms with E-state index >= 15 is 0 Å². The summed E-state index contributed by atoms with van der Waals surface area (Å²) in [5.41, 5.74) is 2.66. The van der Waals surface area contributed by atoms with Gasteiger partial charge in [-0.3, -0.25) is 14.4 Å². The number of piperidine rings is 1. The van der Waals surface area contributed by atoms with E-state index in [4.69, 9.17) is 0 Å². The van der Waals surface area contributed by atoms with Gasteiger partial charge in [0.25, 0.3) is 17.7 Å². The number of anilines is 1. The van der Waals surface area contributed by atoms with E-state index in [0.29, 0.717) is 34.3 Å². The molecule has 0 N–H and O–H groups in total. The maximum absolute atomic E-state index is 13.4. The third-order valence-corrected chi connectivity index (χ3v) is 6.99. The predicted octanol–water partition coefficient (Wildman–Crippen LogP) is 4.59. The second kappa shape index (κ2) is 7.38. The smallest absolute Gasteiger partial charge is 0.266 e. The van der Waals surface area contributed by atoms with E-state index in [2.05, 4.69) is 0 Å². The van der Waals surface area contributed by atoms with Crippen LogP contribution in [0.3, 0.4) is 0 Å². The maximum Gasteiger partial charge on any atom is 0.266 e. The highest BCUT2D eigenvalue weighted by Crippen LogP contribution is 2.37. The predicted molar refractivity (Wildman–Crippen MR) is 115 cm³/mol. The lowest BCUT2D eigenvalue weighted by molar-refractivity contribution is 0.0390. The molecule has 5 heteroatoms. The van der Waals surface area contributed by atoms with Crippen LogP contribution in [0.4, 0.5) is 5.69 Å². The number of amides is 3. The average molecular weight is 402 g/mol. The van der Waals surface area contributed by atoms with Gasteiger partial charge in [-0.05, 0) is 68.4 Å². The second-order valence-corrected chi connectivity index (χ2v) is 8.75. The van der Waals surface area contributed by atoms with Crippen LogP contribution in [-0.4, -0.2) is 35.2 Å². The van der Waals surface area contributed by atoms with Crippen LogP contribution in [0.2, 0.25) is 0 Å². The number of carbonyl (C=O) groups is 3. The zero-order valence-electron chi connectivity index (χ0n) is 17.3. The highest BCUT2D eigenvalue weighted by molar-refractivity contribution is 6.35. The monoisotopic (exact) mass is 402 g/mol. The molecule has 1 saturated heterocycles. The third-order valence-electron chi connectivity index (χ3n) is 6.99. The molecule has 2 heterocycles. The first-order valence-electron chi connectivity index (χ1n) is 11.0. The molecule has 5 nitrogen and oxygen atoms in total. The van der Waals surface area contributed by atoms with Crippen molar-refractivity contribution in [3.63, 3.8) is 0 Å². The quantitative estimate of drug-likeness (QED) is 0.691. The lowest BCUT2D eigenvalue weighted by Crippen LogP contribution is -2.49. The van der Waals surface area contributed by atoms with Gasteiger partial charge in [0.2, 0.25) is 0 Å². The number of aryl methyl sites for hydroxylation is 1. The molecule has 2 atom stereocenters. The topological polar surface area (TPSA) is 57.7 Å². The van der Waals surface area contributed by atoms with Crippen molar-refractivity contribution in [3.05, 3.63) is 64.7 Å². The van der Waals surface area contributed by atoms with E-state index < -0.39 is 0 Å². The van der Waals surface area contributed by atoms with E-state index in [0.717, 1.165) is 24.9 Å². The molecule has 2 aromatic rings. The average Bonchev–Trinajstić information content (AvgIpc) is 3.03. The zero-order chi connectivity index (χ0) is 20.8. The Labute approximate surface area is 176 Å². The van der Waals surface area contributed by atoms with Crippen molar-refractivity contribution in [2.45, 2.75) is 51.5 Å². The summed E-state index contributed by atoms with van der Waals surface area (Å²) in [5.74, 6) is -0.0867. The van der Waals surface area contributed by atoms with Crippen molar-refractivity contribution >= 4 is 23.4 Å². The number of rotatable bonds is 2. The minimum Gasteiger partial charge on any atom is -0.335 e. The molecule has 0 radical (unpaired) electrons. The van der Waals surface area contributed by atoms with Crippen LogP contribution in [0.25, 0.3) is 0 Å². The summed E-state index contributed by atoms with van der Waals surface area (Å²) < 4.78 is 0. The Bertz CT molecular complexity index is 1040. The van der Waals surface area contributed by atoms with Crippen LogP contribution < -0.4 is 4.90 Å². The Morgan fingerprint density at radius 1 is 0.900 bits per heavy atom. The fourth-order valence-corrected chi connectivity index (χ4v) is 5.45. The molecule has 2 fully saturated rings. The third kappa shape index (κ3) is 2.95. The largest absolute Gasteiger partial charge is 0.335 e. The van der Waals surface area contributed by atoms with Crippen molar-refractivity contribution in [1.82, 2.24) is 4.90 Å². The Kier molecular flexibility index (Phi) is 4.69. The van der Waals surface area contributed by atoms with Gasteiger partial charge in [-0.1, -0.05) is 31.0 Å². The molecule has 1 saturated carbocycles. The molecule has 3 aliphatic rings. The number of hydrogen-bond acceptors (Lipinski definition) is 3. The lowest BCUT2D eigenvalue weighted by atomic mass is 9.78. The molecule has 1 aliphatic carbocycles. The van der Waals surface area contributed by atoms with E-state index in [1.807, 2.05) is 30.0 Å². The van der Waals surface area contributed by atoms with Crippen LogP contribution in [0.1, 0.15) is 75.2 Å². The fraction of sp³-hybridized carbons (Fsp3) is 0.400. The van der Waals surface area contributed by atoms with Gasteiger partial charge in [0, 0.05) is 18.2 Å². The number of imide groups is 1. The zero-order valence-corrected chi connectivity index (χ0v) is 17.3. The van der Waals surface area contributed by atoms with Crippen molar-refractivity contribution in [1.29, 1.82) is 0 Å². The first-order valence-corrected chi connectivity index (χ1v) is 11.0. The Balaban J connectivity index is 1.46. The van der Waals surface area contributed by atoms with Gasteiger partial charge >= 0.3 is 0 Å². The summed E-state index contributed by atoms with van der Waals surface area (Å²) in [6.45, 7) is 2.66. The fourth-order valence-electron chi connectivity index (χ4n) is 5.45. The van der Waals surface area contributed by atoms with Crippen LogP contribution in [0.15, 0.2) is 42.5 Å². The van der Waals surface area contributed by atoms with Gasteiger partial charge in [0.1, 0.15) is 0 Å². The molecule has 2 aromatic carbocycles. The number of carbonyl (C=O) groups excluding carboxylic acids is 3. The lowest BCUT2D eigenvalue weighted by Gasteiger charge is -2.44. The standard InChI is InChI=1S/C25H26N2O3/c1-16-7-2-4-10-21(16)27-24(29)19-13-12-18(15-20(19)25(27)30)23(28)26-14-6-9-17-8-3-5-11-22(17)26/h2,4,7,10,12-13,15,17,22H,3,5-6,8-9,11,14H2,1H3/t17-,22-/m0/s1. The Morgan fingerprint density at radius 2 is 1.63 bits per heavy atom. The van der Waals surface area contributed by atoms with E-state index in [9.17, 15) is 14.4 Å². The summed E-state index contributed by atoms with van der Waals surface area (Å²) in [6, 6.07) is 12.6.